The predicted molar refractivity (Wildman–Crippen MR) is 128 cm³/mol. The van der Waals surface area contributed by atoms with Gasteiger partial charge in [-0.15, -0.1) is 0 Å². The average molecular weight is 515 g/mol. The van der Waals surface area contributed by atoms with Gasteiger partial charge in [-0.2, -0.15) is 18.3 Å². The van der Waals surface area contributed by atoms with E-state index in [0.29, 0.717) is 35.1 Å². The van der Waals surface area contributed by atoms with Crippen LogP contribution in [0, 0.1) is 5.92 Å². The van der Waals surface area contributed by atoms with Gasteiger partial charge in [-0.1, -0.05) is 19.9 Å². The highest BCUT2D eigenvalue weighted by atomic mass is 19.4. The number of hydrogen-bond donors (Lipinski definition) is 0. The molecule has 1 aromatic heterocycles. The summed E-state index contributed by atoms with van der Waals surface area (Å²) in [6, 6.07) is 11.4. The monoisotopic (exact) mass is 514 g/mol. The molecule has 194 valence electrons. The molecular weight excluding hydrogens is 489 g/mol. The summed E-state index contributed by atoms with van der Waals surface area (Å²) >= 11 is 0. The van der Waals surface area contributed by atoms with Crippen LogP contribution in [-0.2, 0) is 23.9 Å². The van der Waals surface area contributed by atoms with Crippen LogP contribution in [0.2, 0.25) is 0 Å². The van der Waals surface area contributed by atoms with Crippen LogP contribution >= 0.6 is 0 Å². The Bertz CT molecular complexity index is 1380. The molecule has 0 saturated heterocycles. The first-order valence-electron chi connectivity index (χ1n) is 11.8. The number of hydrogen-bond acceptors (Lipinski definition) is 5. The minimum absolute atomic E-state index is 0.0121. The number of nitrogens with zero attached hydrogens (tertiary/aromatic N) is 4. The van der Waals surface area contributed by atoms with Crippen molar-refractivity contribution in [1.29, 1.82) is 0 Å². The summed E-state index contributed by atoms with van der Waals surface area (Å²) in [6.45, 7) is 3.67. The molecule has 0 N–H and O–H groups in total. The van der Waals surface area contributed by atoms with Gasteiger partial charge in [0.15, 0.2) is 17.2 Å². The van der Waals surface area contributed by atoms with Crippen LogP contribution in [0.1, 0.15) is 41.2 Å². The molecule has 2 aliphatic heterocycles. The smallest absolute Gasteiger partial charge is 0.435 e. The molecule has 3 heterocycles. The number of aromatic nitrogens is 2. The third-order valence-corrected chi connectivity index (χ3v) is 6.52. The molecule has 0 aliphatic carbocycles. The van der Waals surface area contributed by atoms with E-state index in [2.05, 4.69) is 5.10 Å². The van der Waals surface area contributed by atoms with Crippen molar-refractivity contribution in [2.24, 2.45) is 5.92 Å². The summed E-state index contributed by atoms with van der Waals surface area (Å²) in [5.41, 5.74) is 0.544. The number of rotatable bonds is 4. The third kappa shape index (κ3) is 4.49. The first-order valence-corrected chi connectivity index (χ1v) is 11.8. The number of anilines is 1. The standard InChI is InChI=1S/C26H25F3N4O4/c1-15(2)24(34)32-10-9-20-19(13-32)23(26(27,28)29)30-33(20)18-6-4-5-16(11-18)25(35)31(3)17-7-8-21-22(12-17)37-14-36-21/h4-8,11-12,15H,9-10,13-14H2,1-3H3. The van der Waals surface area contributed by atoms with E-state index in [0.717, 1.165) is 0 Å². The van der Waals surface area contributed by atoms with E-state index in [9.17, 15) is 22.8 Å². The van der Waals surface area contributed by atoms with Crippen molar-refractivity contribution >= 4 is 17.5 Å². The second-order valence-electron chi connectivity index (χ2n) is 9.30. The molecule has 0 saturated carbocycles. The second kappa shape index (κ2) is 9.13. The topological polar surface area (TPSA) is 76.9 Å². The third-order valence-electron chi connectivity index (χ3n) is 6.52. The lowest BCUT2D eigenvalue weighted by molar-refractivity contribution is -0.143. The van der Waals surface area contributed by atoms with Crippen LogP contribution in [-0.4, -0.2) is 46.9 Å². The fraction of sp³-hybridized carbons (Fsp3) is 0.346. The molecule has 5 rings (SSSR count). The number of amides is 2. The van der Waals surface area contributed by atoms with E-state index in [1.54, 1.807) is 57.3 Å². The van der Waals surface area contributed by atoms with Crippen LogP contribution in [0.15, 0.2) is 42.5 Å². The molecule has 0 unspecified atom stereocenters. The number of ether oxygens (including phenoxy) is 2. The van der Waals surface area contributed by atoms with Crippen LogP contribution in [0.3, 0.4) is 0 Å². The molecule has 0 fully saturated rings. The summed E-state index contributed by atoms with van der Waals surface area (Å²) < 4.78 is 53.7. The second-order valence-corrected chi connectivity index (χ2v) is 9.30. The zero-order chi connectivity index (χ0) is 26.5. The lowest BCUT2D eigenvalue weighted by Gasteiger charge is -2.29. The summed E-state index contributed by atoms with van der Waals surface area (Å²) in [7, 11) is 1.60. The van der Waals surface area contributed by atoms with Crippen molar-refractivity contribution in [3.8, 4) is 17.2 Å². The molecule has 0 spiro atoms. The van der Waals surface area contributed by atoms with Crippen LogP contribution < -0.4 is 14.4 Å². The largest absolute Gasteiger partial charge is 0.454 e. The highest BCUT2D eigenvalue weighted by Gasteiger charge is 2.41. The Balaban J connectivity index is 1.48. The summed E-state index contributed by atoms with van der Waals surface area (Å²) in [5, 5.41) is 3.91. The lowest BCUT2D eigenvalue weighted by Crippen LogP contribution is -2.39. The van der Waals surface area contributed by atoms with Gasteiger partial charge in [-0.05, 0) is 30.3 Å². The number of fused-ring (bicyclic) bond motifs is 2. The molecule has 0 radical (unpaired) electrons. The maximum absolute atomic E-state index is 13.9. The Morgan fingerprint density at radius 3 is 2.57 bits per heavy atom. The Morgan fingerprint density at radius 1 is 1.08 bits per heavy atom. The van der Waals surface area contributed by atoms with Gasteiger partial charge in [-0.3, -0.25) is 9.59 Å². The normalized spacial score (nSPS) is 14.6. The Labute approximate surface area is 211 Å². The highest BCUT2D eigenvalue weighted by Crippen LogP contribution is 2.37. The van der Waals surface area contributed by atoms with Crippen LogP contribution in [0.5, 0.6) is 11.5 Å². The van der Waals surface area contributed by atoms with Crippen LogP contribution in [0.4, 0.5) is 18.9 Å². The average Bonchev–Trinajstić information content (AvgIpc) is 3.51. The van der Waals surface area contributed by atoms with E-state index in [4.69, 9.17) is 9.47 Å². The molecule has 2 aromatic carbocycles. The van der Waals surface area contributed by atoms with E-state index in [1.165, 1.54) is 20.5 Å². The fourth-order valence-electron chi connectivity index (χ4n) is 4.59. The van der Waals surface area contributed by atoms with Gasteiger partial charge in [0, 0.05) is 55.4 Å². The molecule has 3 aromatic rings. The van der Waals surface area contributed by atoms with Gasteiger partial charge in [0.05, 0.1) is 11.4 Å². The quantitative estimate of drug-likeness (QED) is 0.515. The molecule has 8 nitrogen and oxygen atoms in total. The summed E-state index contributed by atoms with van der Waals surface area (Å²) in [4.78, 5) is 28.6. The Hall–Kier alpha value is -4.02. The van der Waals surface area contributed by atoms with Crippen molar-refractivity contribution in [1.82, 2.24) is 14.7 Å². The molecule has 2 aliphatic rings. The van der Waals surface area contributed by atoms with Gasteiger partial charge < -0.3 is 19.3 Å². The minimum Gasteiger partial charge on any atom is -0.454 e. The maximum Gasteiger partial charge on any atom is 0.435 e. The van der Waals surface area contributed by atoms with Gasteiger partial charge in [-0.25, -0.2) is 4.68 Å². The highest BCUT2D eigenvalue weighted by molar-refractivity contribution is 6.06. The maximum atomic E-state index is 13.9. The van der Waals surface area contributed by atoms with Crippen molar-refractivity contribution in [3.05, 3.63) is 65.0 Å². The number of carbonyl (C=O) groups excluding carboxylic acids is 2. The van der Waals surface area contributed by atoms with Gasteiger partial charge >= 0.3 is 6.18 Å². The van der Waals surface area contributed by atoms with Crippen LogP contribution in [0.25, 0.3) is 5.69 Å². The molecular formula is C26H25F3N4O4. The minimum atomic E-state index is -4.69. The predicted octanol–water partition coefficient (Wildman–Crippen LogP) is 4.44. The van der Waals surface area contributed by atoms with Crippen molar-refractivity contribution in [2.75, 3.05) is 25.3 Å². The Kier molecular flexibility index (Phi) is 6.09. The van der Waals surface area contributed by atoms with Gasteiger partial charge in [0.2, 0.25) is 12.7 Å². The number of alkyl halides is 3. The number of halogens is 3. The number of carbonyl (C=O) groups is 2. The zero-order valence-electron chi connectivity index (χ0n) is 20.5. The van der Waals surface area contributed by atoms with E-state index >= 15 is 0 Å². The Morgan fingerprint density at radius 2 is 1.84 bits per heavy atom. The lowest BCUT2D eigenvalue weighted by atomic mass is 10.0. The van der Waals surface area contributed by atoms with E-state index in [-0.39, 0.29) is 48.6 Å². The van der Waals surface area contributed by atoms with Crippen molar-refractivity contribution in [3.63, 3.8) is 0 Å². The van der Waals surface area contributed by atoms with Crippen molar-refractivity contribution in [2.45, 2.75) is 33.0 Å². The van der Waals surface area contributed by atoms with E-state index in [1.807, 2.05) is 0 Å². The fourth-order valence-corrected chi connectivity index (χ4v) is 4.59. The SMILES string of the molecule is CC(C)C(=O)N1CCc2c(c(C(F)(F)F)nn2-c2cccc(C(=O)N(C)c3ccc4c(c3)OCO4)c2)C1. The summed E-state index contributed by atoms with van der Waals surface area (Å²) in [5.74, 6) is 0.232. The zero-order valence-corrected chi connectivity index (χ0v) is 20.5. The molecule has 0 bridgehead atoms. The molecule has 2 amide bonds. The molecule has 37 heavy (non-hydrogen) atoms. The molecule has 0 atom stereocenters. The van der Waals surface area contributed by atoms with Gasteiger partial charge in [0.25, 0.3) is 5.91 Å². The van der Waals surface area contributed by atoms with Crippen molar-refractivity contribution < 1.29 is 32.2 Å². The first kappa shape index (κ1) is 24.7. The molecule has 11 heteroatoms. The summed E-state index contributed by atoms with van der Waals surface area (Å²) in [6.07, 6.45) is -4.47. The van der Waals surface area contributed by atoms with E-state index < -0.39 is 11.9 Å². The van der Waals surface area contributed by atoms with Gasteiger partial charge in [0.1, 0.15) is 0 Å². The first-order chi connectivity index (χ1) is 17.5. The number of benzene rings is 2.